The maximum Gasteiger partial charge on any atom is 0.102 e. The van der Waals surface area contributed by atoms with Crippen LogP contribution in [0.3, 0.4) is 0 Å². The maximum atomic E-state index is 6.05. The first-order chi connectivity index (χ1) is 8.61. The summed E-state index contributed by atoms with van der Waals surface area (Å²) in [7, 11) is 0. The molecule has 1 aromatic carbocycles. The van der Waals surface area contributed by atoms with Crippen LogP contribution in [0.2, 0.25) is 0 Å². The van der Waals surface area contributed by atoms with E-state index in [1.807, 2.05) is 19.1 Å². The lowest BCUT2D eigenvalue weighted by Crippen LogP contribution is -2.30. The number of nitrogen functional groups attached to an aromatic ring is 2. The topological polar surface area (TPSA) is 72.6 Å². The van der Waals surface area contributed by atoms with Gasteiger partial charge in [0, 0.05) is 30.2 Å². The van der Waals surface area contributed by atoms with E-state index < -0.39 is 0 Å². The molecule has 0 aliphatic carbocycles. The second-order valence-electron chi connectivity index (χ2n) is 4.62. The number of amidine groups is 1. The van der Waals surface area contributed by atoms with Gasteiger partial charge in [-0.1, -0.05) is 0 Å². The van der Waals surface area contributed by atoms with Crippen LogP contribution in [0.5, 0.6) is 0 Å². The summed E-state index contributed by atoms with van der Waals surface area (Å²) < 4.78 is 1.58. The number of rotatable bonds is 1. The van der Waals surface area contributed by atoms with Gasteiger partial charge in [0.25, 0.3) is 0 Å². The molecule has 1 aliphatic heterocycles. The number of anilines is 1. The van der Waals surface area contributed by atoms with Crippen LogP contribution < -0.4 is 11.6 Å². The first-order valence-corrected chi connectivity index (χ1v) is 6.09. The van der Waals surface area contributed by atoms with Crippen molar-refractivity contribution in [2.24, 2.45) is 4.99 Å². The van der Waals surface area contributed by atoms with Crippen molar-refractivity contribution in [3.63, 3.8) is 0 Å². The van der Waals surface area contributed by atoms with Gasteiger partial charge in [0.1, 0.15) is 5.84 Å². The van der Waals surface area contributed by atoms with Gasteiger partial charge in [-0.2, -0.15) is 0 Å². The van der Waals surface area contributed by atoms with Crippen LogP contribution in [0.15, 0.2) is 23.3 Å². The monoisotopic (exact) mass is 243 g/mol. The van der Waals surface area contributed by atoms with E-state index in [0.717, 1.165) is 41.2 Å². The zero-order valence-corrected chi connectivity index (χ0v) is 10.6. The lowest BCUT2D eigenvalue weighted by molar-refractivity contribution is 0.429. The quantitative estimate of drug-likeness (QED) is 0.750. The third-order valence-corrected chi connectivity index (χ3v) is 3.58. The zero-order valence-electron chi connectivity index (χ0n) is 10.6. The number of fused-ring (bicyclic) bond motifs is 3. The van der Waals surface area contributed by atoms with Crippen molar-refractivity contribution in [3.05, 3.63) is 23.9 Å². The Morgan fingerprint density at radius 3 is 2.89 bits per heavy atom. The second kappa shape index (κ2) is 3.66. The van der Waals surface area contributed by atoms with Crippen molar-refractivity contribution in [2.45, 2.75) is 20.4 Å². The summed E-state index contributed by atoms with van der Waals surface area (Å²) in [5, 5.41) is 1.03. The third-order valence-electron chi connectivity index (χ3n) is 3.58. The van der Waals surface area contributed by atoms with Gasteiger partial charge in [-0.25, -0.2) is 4.99 Å². The molecule has 1 aliphatic rings. The number of hydrogen-bond acceptors (Lipinski definition) is 4. The molecular formula is C13H17N5. The van der Waals surface area contributed by atoms with E-state index >= 15 is 0 Å². The van der Waals surface area contributed by atoms with E-state index in [-0.39, 0.29) is 0 Å². The number of benzene rings is 1. The number of aromatic nitrogens is 1. The molecule has 0 radical (unpaired) electrons. The van der Waals surface area contributed by atoms with E-state index in [1.54, 1.807) is 10.9 Å². The lowest BCUT2D eigenvalue weighted by atomic mass is 10.0. The summed E-state index contributed by atoms with van der Waals surface area (Å²) in [6.07, 6.45) is 1.76. The molecule has 0 saturated carbocycles. The zero-order chi connectivity index (χ0) is 12.9. The van der Waals surface area contributed by atoms with E-state index in [9.17, 15) is 0 Å². The molecule has 5 heteroatoms. The molecule has 1 aromatic heterocycles. The van der Waals surface area contributed by atoms with Crippen LogP contribution in [0.1, 0.15) is 19.4 Å². The fraction of sp³-hybridized carbons (Fsp3) is 0.308. The van der Waals surface area contributed by atoms with E-state index in [2.05, 4.69) is 16.8 Å². The highest BCUT2D eigenvalue weighted by molar-refractivity contribution is 5.99. The molecule has 0 spiro atoms. The van der Waals surface area contributed by atoms with E-state index in [1.165, 1.54) is 5.56 Å². The van der Waals surface area contributed by atoms with Gasteiger partial charge < -0.3 is 16.5 Å². The average molecular weight is 243 g/mol. The SMILES string of the molecule is CCN1Cc2c(ccc3c2c(N)cn3N)N=C1C. The first-order valence-electron chi connectivity index (χ1n) is 6.09. The van der Waals surface area contributed by atoms with E-state index in [0.29, 0.717) is 0 Å². The molecule has 0 bridgehead atoms. The molecule has 0 fully saturated rings. The number of nitrogens with zero attached hydrogens (tertiary/aromatic N) is 3. The summed E-state index contributed by atoms with van der Waals surface area (Å²) in [4.78, 5) is 6.87. The Hall–Kier alpha value is -2.17. The first kappa shape index (κ1) is 11.0. The molecule has 0 atom stereocenters. The van der Waals surface area contributed by atoms with Crippen LogP contribution in [0.4, 0.5) is 11.4 Å². The molecule has 0 amide bonds. The van der Waals surface area contributed by atoms with Crippen molar-refractivity contribution in [1.29, 1.82) is 0 Å². The Balaban J connectivity index is 2.30. The molecule has 3 rings (SSSR count). The van der Waals surface area contributed by atoms with E-state index in [4.69, 9.17) is 11.6 Å². The molecule has 0 saturated heterocycles. The molecule has 18 heavy (non-hydrogen) atoms. The Morgan fingerprint density at radius 1 is 1.39 bits per heavy atom. The Morgan fingerprint density at radius 2 is 2.17 bits per heavy atom. The summed E-state index contributed by atoms with van der Waals surface area (Å²) in [5.41, 5.74) is 9.90. The molecule has 0 unspecified atom stereocenters. The van der Waals surface area contributed by atoms with Crippen LogP contribution in [0.25, 0.3) is 10.9 Å². The van der Waals surface area contributed by atoms with Gasteiger partial charge in [0.2, 0.25) is 0 Å². The fourth-order valence-corrected chi connectivity index (χ4v) is 2.60. The van der Waals surface area contributed by atoms with Gasteiger partial charge >= 0.3 is 0 Å². The lowest BCUT2D eigenvalue weighted by Gasteiger charge is -2.28. The van der Waals surface area contributed by atoms with Gasteiger partial charge in [0.05, 0.1) is 16.9 Å². The predicted molar refractivity (Wildman–Crippen MR) is 75.4 cm³/mol. The largest absolute Gasteiger partial charge is 0.397 e. The summed E-state index contributed by atoms with van der Waals surface area (Å²) in [6.45, 7) is 5.94. The van der Waals surface area contributed by atoms with Crippen molar-refractivity contribution < 1.29 is 0 Å². The number of nitrogens with two attached hydrogens (primary N) is 2. The molecule has 4 N–H and O–H groups in total. The number of hydrogen-bond donors (Lipinski definition) is 2. The van der Waals surface area contributed by atoms with Gasteiger partial charge in [-0.05, 0) is 26.0 Å². The van der Waals surface area contributed by atoms with Crippen molar-refractivity contribution in [1.82, 2.24) is 9.58 Å². The highest BCUT2D eigenvalue weighted by Gasteiger charge is 2.20. The van der Waals surface area contributed by atoms with Gasteiger partial charge in [-0.3, -0.25) is 4.68 Å². The molecular weight excluding hydrogens is 226 g/mol. The Kier molecular flexibility index (Phi) is 2.23. The minimum absolute atomic E-state index is 0.718. The van der Waals surface area contributed by atoms with Gasteiger partial charge in [0.15, 0.2) is 0 Å². The molecule has 5 nitrogen and oxygen atoms in total. The van der Waals surface area contributed by atoms with Crippen molar-refractivity contribution in [3.8, 4) is 0 Å². The Labute approximate surface area is 106 Å². The highest BCUT2D eigenvalue weighted by Crippen LogP contribution is 2.36. The standard InChI is InChI=1S/C13H17N5/c1-3-17-6-9-11(16-8(17)2)4-5-12-13(9)10(14)7-18(12)15/h4-5,7H,3,6,14-15H2,1-2H3. The third kappa shape index (κ3) is 1.37. The highest BCUT2D eigenvalue weighted by atomic mass is 15.3. The fourth-order valence-electron chi connectivity index (χ4n) is 2.60. The molecule has 2 heterocycles. The summed E-state index contributed by atoms with van der Waals surface area (Å²) in [5.74, 6) is 6.94. The van der Waals surface area contributed by atoms with Gasteiger partial charge in [-0.15, -0.1) is 0 Å². The second-order valence-corrected chi connectivity index (χ2v) is 4.62. The maximum absolute atomic E-state index is 6.05. The van der Waals surface area contributed by atoms with Crippen molar-refractivity contribution in [2.75, 3.05) is 18.1 Å². The minimum atomic E-state index is 0.718. The van der Waals surface area contributed by atoms with Crippen LogP contribution in [0, 0.1) is 0 Å². The Bertz CT molecular complexity index is 653. The average Bonchev–Trinajstić information content (AvgIpc) is 2.64. The van der Waals surface area contributed by atoms with Crippen LogP contribution in [-0.4, -0.2) is 22.0 Å². The number of aliphatic imine (C=N–C) groups is 1. The predicted octanol–water partition coefficient (Wildman–Crippen LogP) is 1.82. The van der Waals surface area contributed by atoms with Crippen LogP contribution >= 0.6 is 0 Å². The van der Waals surface area contributed by atoms with Crippen LogP contribution in [-0.2, 0) is 6.54 Å². The smallest absolute Gasteiger partial charge is 0.102 e. The minimum Gasteiger partial charge on any atom is -0.397 e. The molecule has 2 aromatic rings. The summed E-state index contributed by atoms with van der Waals surface area (Å²) >= 11 is 0. The van der Waals surface area contributed by atoms with Crippen molar-refractivity contribution >= 4 is 28.1 Å². The normalized spacial score (nSPS) is 14.8. The molecule has 94 valence electrons. The summed E-state index contributed by atoms with van der Waals surface area (Å²) in [6, 6.07) is 3.99.